The number of nitrogens with one attached hydrogen (secondary N) is 1. The average molecular weight is 583 g/mol. The van der Waals surface area contributed by atoms with Crippen molar-refractivity contribution in [2.24, 2.45) is 0 Å². The van der Waals surface area contributed by atoms with E-state index in [1.807, 2.05) is 25.1 Å². The number of methoxy groups -OCH3 is 1. The molecule has 0 fully saturated rings. The third-order valence-electron chi connectivity index (χ3n) is 5.56. The number of benzene rings is 3. The molecule has 8 heteroatoms. The SMILES string of the molecule is COc1ccc(C(=O)c2oc3ccccc3c2NC(=O)c2oc3ccc(Br)cc3c2C)cc1Br. The van der Waals surface area contributed by atoms with Gasteiger partial charge in [0, 0.05) is 26.4 Å². The molecule has 0 saturated carbocycles. The van der Waals surface area contributed by atoms with Gasteiger partial charge in [0.1, 0.15) is 16.9 Å². The van der Waals surface area contributed by atoms with E-state index in [0.717, 1.165) is 9.86 Å². The maximum atomic E-state index is 13.4. The lowest BCUT2D eigenvalue weighted by Gasteiger charge is -2.07. The van der Waals surface area contributed by atoms with Crippen LogP contribution in [0.1, 0.15) is 32.2 Å². The number of furan rings is 2. The van der Waals surface area contributed by atoms with Crippen LogP contribution in [0.5, 0.6) is 5.75 Å². The first-order valence-electron chi connectivity index (χ1n) is 10.3. The number of hydrogen-bond donors (Lipinski definition) is 1. The highest BCUT2D eigenvalue weighted by Gasteiger charge is 2.26. The van der Waals surface area contributed by atoms with E-state index >= 15 is 0 Å². The Morgan fingerprint density at radius 2 is 1.62 bits per heavy atom. The lowest BCUT2D eigenvalue weighted by atomic mass is 10.1. The summed E-state index contributed by atoms with van der Waals surface area (Å²) in [5.74, 6) is -0.0461. The van der Waals surface area contributed by atoms with Crippen LogP contribution in [0, 0.1) is 6.92 Å². The van der Waals surface area contributed by atoms with E-state index in [0.29, 0.717) is 43.6 Å². The zero-order valence-corrected chi connectivity index (χ0v) is 21.2. The van der Waals surface area contributed by atoms with Crippen LogP contribution >= 0.6 is 31.9 Å². The van der Waals surface area contributed by atoms with Crippen LogP contribution in [-0.4, -0.2) is 18.8 Å². The summed E-state index contributed by atoms with van der Waals surface area (Å²) in [6, 6.07) is 17.7. The van der Waals surface area contributed by atoms with Gasteiger partial charge in [-0.15, -0.1) is 0 Å². The third kappa shape index (κ3) is 3.82. The summed E-state index contributed by atoms with van der Waals surface area (Å²) in [6.45, 7) is 1.82. The highest BCUT2D eigenvalue weighted by molar-refractivity contribution is 9.10. The lowest BCUT2D eigenvalue weighted by molar-refractivity contribution is 0.0997. The molecular formula is C26H17Br2NO5. The Labute approximate surface area is 211 Å². The van der Waals surface area contributed by atoms with Crippen LogP contribution in [0.3, 0.4) is 0 Å². The number of anilines is 1. The van der Waals surface area contributed by atoms with E-state index < -0.39 is 5.91 Å². The number of carbonyl (C=O) groups is 2. The monoisotopic (exact) mass is 581 g/mol. The van der Waals surface area contributed by atoms with E-state index in [9.17, 15) is 9.59 Å². The summed E-state index contributed by atoms with van der Waals surface area (Å²) >= 11 is 6.86. The minimum Gasteiger partial charge on any atom is -0.496 e. The quantitative estimate of drug-likeness (QED) is 0.217. The molecule has 0 aliphatic rings. The third-order valence-corrected chi connectivity index (χ3v) is 6.67. The highest BCUT2D eigenvalue weighted by atomic mass is 79.9. The molecule has 6 nitrogen and oxygen atoms in total. The van der Waals surface area contributed by atoms with Gasteiger partial charge in [-0.1, -0.05) is 28.1 Å². The van der Waals surface area contributed by atoms with E-state index in [4.69, 9.17) is 13.6 Å². The average Bonchev–Trinajstić information content (AvgIpc) is 3.36. The number of carbonyl (C=O) groups excluding carboxylic acids is 2. The normalized spacial score (nSPS) is 11.2. The van der Waals surface area contributed by atoms with Crippen LogP contribution in [0.2, 0.25) is 0 Å². The number of para-hydroxylation sites is 1. The predicted molar refractivity (Wildman–Crippen MR) is 137 cm³/mol. The van der Waals surface area contributed by atoms with Gasteiger partial charge in [-0.05, 0) is 71.4 Å². The van der Waals surface area contributed by atoms with E-state index in [1.165, 1.54) is 0 Å². The number of amides is 1. The smallest absolute Gasteiger partial charge is 0.291 e. The Balaban J connectivity index is 1.58. The fourth-order valence-electron chi connectivity index (χ4n) is 3.85. The molecule has 0 bridgehead atoms. The topological polar surface area (TPSA) is 81.7 Å². The Morgan fingerprint density at radius 3 is 2.38 bits per heavy atom. The number of rotatable bonds is 5. The molecule has 2 heterocycles. The maximum absolute atomic E-state index is 13.4. The molecule has 5 aromatic rings. The summed E-state index contributed by atoms with van der Waals surface area (Å²) in [6.07, 6.45) is 0. The molecule has 0 atom stereocenters. The zero-order valence-electron chi connectivity index (χ0n) is 18.1. The van der Waals surface area contributed by atoms with Gasteiger partial charge in [0.2, 0.25) is 5.78 Å². The van der Waals surface area contributed by atoms with Crippen LogP contribution in [0.4, 0.5) is 5.69 Å². The Morgan fingerprint density at radius 1 is 0.882 bits per heavy atom. The summed E-state index contributed by atoms with van der Waals surface area (Å²) in [7, 11) is 1.55. The Hall–Kier alpha value is -3.36. The van der Waals surface area contributed by atoms with Crippen LogP contribution in [0.15, 0.2) is 78.4 Å². The summed E-state index contributed by atoms with van der Waals surface area (Å²) < 4.78 is 18.5. The summed E-state index contributed by atoms with van der Waals surface area (Å²) in [5.41, 5.74) is 2.46. The number of ketones is 1. The van der Waals surface area contributed by atoms with Crippen LogP contribution in [0.25, 0.3) is 21.9 Å². The molecule has 3 aromatic carbocycles. The Kier molecular flexibility index (Phi) is 5.79. The van der Waals surface area contributed by atoms with Crippen LogP contribution < -0.4 is 10.1 Å². The first-order valence-corrected chi connectivity index (χ1v) is 11.9. The number of aryl methyl sites for hydroxylation is 1. The molecule has 5 rings (SSSR count). The second kappa shape index (κ2) is 8.77. The number of ether oxygens (including phenoxy) is 1. The van der Waals surface area contributed by atoms with Gasteiger partial charge in [-0.3, -0.25) is 9.59 Å². The molecule has 0 radical (unpaired) electrons. The maximum Gasteiger partial charge on any atom is 0.291 e. The fourth-order valence-corrected chi connectivity index (χ4v) is 4.75. The molecule has 2 aromatic heterocycles. The van der Waals surface area contributed by atoms with Gasteiger partial charge < -0.3 is 18.9 Å². The highest BCUT2D eigenvalue weighted by Crippen LogP contribution is 2.35. The predicted octanol–water partition coefficient (Wildman–Crippen LogP) is 7.50. The molecule has 170 valence electrons. The molecule has 34 heavy (non-hydrogen) atoms. The van der Waals surface area contributed by atoms with Gasteiger partial charge in [-0.2, -0.15) is 0 Å². The van der Waals surface area contributed by atoms with Crippen molar-refractivity contribution in [3.05, 3.63) is 92.3 Å². The van der Waals surface area contributed by atoms with Gasteiger partial charge in [0.25, 0.3) is 5.91 Å². The second-order valence-corrected chi connectivity index (χ2v) is 9.40. The van der Waals surface area contributed by atoms with Crippen molar-refractivity contribution in [1.82, 2.24) is 0 Å². The van der Waals surface area contributed by atoms with Gasteiger partial charge in [0.15, 0.2) is 11.5 Å². The molecular weight excluding hydrogens is 566 g/mol. The van der Waals surface area contributed by atoms with Crippen molar-refractivity contribution >= 4 is 71.2 Å². The zero-order chi connectivity index (χ0) is 24.0. The number of fused-ring (bicyclic) bond motifs is 2. The first-order chi connectivity index (χ1) is 16.4. The summed E-state index contributed by atoms with van der Waals surface area (Å²) in [4.78, 5) is 26.7. The largest absolute Gasteiger partial charge is 0.496 e. The van der Waals surface area contributed by atoms with Crippen molar-refractivity contribution in [2.45, 2.75) is 6.92 Å². The molecule has 1 amide bonds. The second-order valence-electron chi connectivity index (χ2n) is 7.63. The van der Waals surface area contributed by atoms with Crippen molar-refractivity contribution in [3.63, 3.8) is 0 Å². The number of halogens is 2. The van der Waals surface area contributed by atoms with Crippen LogP contribution in [-0.2, 0) is 0 Å². The standard InChI is InChI=1S/C26H17Br2NO5/c1-13-17-12-15(27)8-10-20(17)33-24(13)26(31)29-22-16-5-3-4-6-19(16)34-25(22)23(30)14-7-9-21(32-2)18(28)11-14/h3-12H,1-2H3,(H,29,31). The van der Waals surface area contributed by atoms with Gasteiger partial charge >= 0.3 is 0 Å². The molecule has 0 saturated heterocycles. The van der Waals surface area contributed by atoms with Crippen molar-refractivity contribution in [3.8, 4) is 5.75 Å². The summed E-state index contributed by atoms with van der Waals surface area (Å²) in [5, 5.41) is 4.30. The lowest BCUT2D eigenvalue weighted by Crippen LogP contribution is -2.14. The number of hydrogen-bond acceptors (Lipinski definition) is 5. The minimum absolute atomic E-state index is 0.0307. The Bertz CT molecular complexity index is 1600. The van der Waals surface area contributed by atoms with Crippen molar-refractivity contribution in [2.75, 3.05) is 12.4 Å². The molecule has 0 aliphatic carbocycles. The van der Waals surface area contributed by atoms with Crippen molar-refractivity contribution < 1.29 is 23.2 Å². The molecule has 1 N–H and O–H groups in total. The fraction of sp³-hybridized carbons (Fsp3) is 0.0769. The van der Waals surface area contributed by atoms with Gasteiger partial charge in [0.05, 0.1) is 17.3 Å². The molecule has 0 spiro atoms. The molecule has 0 aliphatic heterocycles. The first kappa shape index (κ1) is 22.4. The van der Waals surface area contributed by atoms with Gasteiger partial charge in [-0.25, -0.2) is 0 Å². The minimum atomic E-state index is -0.471. The van der Waals surface area contributed by atoms with E-state index in [1.54, 1.807) is 49.6 Å². The van der Waals surface area contributed by atoms with E-state index in [2.05, 4.69) is 37.2 Å². The molecule has 0 unspecified atom stereocenters. The van der Waals surface area contributed by atoms with Crippen molar-refractivity contribution in [1.29, 1.82) is 0 Å². The van der Waals surface area contributed by atoms with E-state index in [-0.39, 0.29) is 17.3 Å².